The van der Waals surface area contributed by atoms with Gasteiger partial charge in [0.1, 0.15) is 5.75 Å². The summed E-state index contributed by atoms with van der Waals surface area (Å²) in [5, 5.41) is 9.15. The highest BCUT2D eigenvalue weighted by Gasteiger charge is 2.06. The number of hydrogen-bond donors (Lipinski definition) is 1. The van der Waals surface area contributed by atoms with Gasteiger partial charge in [-0.05, 0) is 18.6 Å². The average molecular weight is 307 g/mol. The number of aryl methyl sites for hydroxylation is 1. The second-order valence-corrected chi connectivity index (χ2v) is 4.74. The van der Waals surface area contributed by atoms with Crippen LogP contribution in [0.1, 0.15) is 12.0 Å². The maximum Gasteiger partial charge on any atom is 0.328 e. The van der Waals surface area contributed by atoms with Gasteiger partial charge in [-0.15, -0.1) is 0 Å². The third-order valence-corrected chi connectivity index (χ3v) is 3.07. The van der Waals surface area contributed by atoms with E-state index in [0.717, 1.165) is 19.0 Å². The van der Waals surface area contributed by atoms with E-state index in [4.69, 9.17) is 21.4 Å². The van der Waals surface area contributed by atoms with E-state index in [9.17, 15) is 4.79 Å². The Balaban J connectivity index is 1.96. The molecule has 0 spiro atoms. The molecule has 0 fully saturated rings. The van der Waals surface area contributed by atoms with Crippen molar-refractivity contribution in [2.45, 2.75) is 13.0 Å². The van der Waals surface area contributed by atoms with Crippen LogP contribution in [0, 0.1) is 0 Å². The maximum atomic E-state index is 10.6. The molecule has 21 heavy (non-hydrogen) atoms. The van der Waals surface area contributed by atoms with Crippen LogP contribution in [0.4, 0.5) is 0 Å². The number of aliphatic carboxylic acids is 1. The highest BCUT2D eigenvalue weighted by Crippen LogP contribution is 2.29. The van der Waals surface area contributed by atoms with E-state index in [2.05, 4.69) is 4.98 Å². The molecule has 0 unspecified atom stereocenters. The Morgan fingerprint density at radius 2 is 2.33 bits per heavy atom. The summed E-state index contributed by atoms with van der Waals surface area (Å²) < 4.78 is 7.65. The minimum absolute atomic E-state index is 0.463. The number of para-hydroxylation sites is 1. The van der Waals surface area contributed by atoms with Crippen LogP contribution < -0.4 is 4.74 Å². The van der Waals surface area contributed by atoms with Crippen LogP contribution in [-0.4, -0.2) is 27.2 Å². The van der Waals surface area contributed by atoms with E-state index in [-0.39, 0.29) is 0 Å². The SMILES string of the molecule is O=C(O)/C=C/c1cccc(Cl)c1OCCCn1ccnc1. The highest BCUT2D eigenvalue weighted by molar-refractivity contribution is 6.32. The Kier molecular flexibility index (Phi) is 5.40. The number of carbonyl (C=O) groups is 1. The van der Waals surface area contributed by atoms with Gasteiger partial charge in [0.15, 0.2) is 0 Å². The standard InChI is InChI=1S/C15H15ClN2O3/c16-13-4-1-3-12(5-6-14(19)20)15(13)21-10-2-8-18-9-7-17-11-18/h1,3-7,9,11H,2,8,10H2,(H,19,20)/b6-5+. The van der Waals surface area contributed by atoms with E-state index < -0.39 is 5.97 Å². The van der Waals surface area contributed by atoms with Crippen molar-refractivity contribution in [2.24, 2.45) is 0 Å². The minimum Gasteiger partial charge on any atom is -0.491 e. The van der Waals surface area contributed by atoms with Crippen LogP contribution in [0.2, 0.25) is 5.02 Å². The zero-order valence-electron chi connectivity index (χ0n) is 11.3. The molecule has 0 atom stereocenters. The van der Waals surface area contributed by atoms with Gasteiger partial charge in [0.2, 0.25) is 0 Å². The van der Waals surface area contributed by atoms with Gasteiger partial charge in [-0.1, -0.05) is 23.7 Å². The molecule has 110 valence electrons. The molecular formula is C15H15ClN2O3. The number of halogens is 1. The first-order valence-electron chi connectivity index (χ1n) is 6.45. The first-order valence-corrected chi connectivity index (χ1v) is 6.82. The van der Waals surface area contributed by atoms with Gasteiger partial charge in [-0.3, -0.25) is 0 Å². The molecule has 0 aliphatic rings. The van der Waals surface area contributed by atoms with Crippen molar-refractivity contribution >= 4 is 23.6 Å². The van der Waals surface area contributed by atoms with Crippen molar-refractivity contribution in [3.05, 3.63) is 53.6 Å². The van der Waals surface area contributed by atoms with Crippen molar-refractivity contribution in [3.63, 3.8) is 0 Å². The molecule has 0 aliphatic carbocycles. The molecule has 1 N–H and O–H groups in total. The lowest BCUT2D eigenvalue weighted by atomic mass is 10.2. The molecule has 0 aliphatic heterocycles. The summed E-state index contributed by atoms with van der Waals surface area (Å²) in [7, 11) is 0. The number of rotatable bonds is 7. The summed E-state index contributed by atoms with van der Waals surface area (Å²) in [4.78, 5) is 14.6. The number of ether oxygens (including phenoxy) is 1. The monoisotopic (exact) mass is 306 g/mol. The Bertz CT molecular complexity index is 624. The van der Waals surface area contributed by atoms with Gasteiger partial charge in [-0.2, -0.15) is 0 Å². The third-order valence-electron chi connectivity index (χ3n) is 2.77. The Hall–Kier alpha value is -2.27. The number of aromatic nitrogens is 2. The predicted molar refractivity (Wildman–Crippen MR) is 80.5 cm³/mol. The molecule has 1 heterocycles. The number of nitrogens with zero attached hydrogens (tertiary/aromatic N) is 2. The topological polar surface area (TPSA) is 64.3 Å². The molecule has 1 aromatic heterocycles. The summed E-state index contributed by atoms with van der Waals surface area (Å²) in [6, 6.07) is 5.23. The molecule has 0 saturated heterocycles. The average Bonchev–Trinajstić information content (AvgIpc) is 2.96. The van der Waals surface area contributed by atoms with Crippen molar-refractivity contribution in [3.8, 4) is 5.75 Å². The van der Waals surface area contributed by atoms with Gasteiger partial charge in [-0.25, -0.2) is 9.78 Å². The lowest BCUT2D eigenvalue weighted by molar-refractivity contribution is -0.131. The summed E-state index contributed by atoms with van der Waals surface area (Å²) in [5.74, 6) is -0.511. The second kappa shape index (κ2) is 7.50. The molecular weight excluding hydrogens is 292 g/mol. The zero-order chi connectivity index (χ0) is 15.1. The fraction of sp³-hybridized carbons (Fsp3) is 0.200. The number of benzene rings is 1. The molecule has 1 aromatic carbocycles. The summed E-state index contributed by atoms with van der Waals surface area (Å²) >= 11 is 6.10. The molecule has 0 saturated carbocycles. The molecule has 6 heteroatoms. The smallest absolute Gasteiger partial charge is 0.328 e. The van der Waals surface area contributed by atoms with E-state index in [1.54, 1.807) is 30.7 Å². The summed E-state index contributed by atoms with van der Waals surface area (Å²) in [6.07, 6.45) is 8.68. The molecule has 0 bridgehead atoms. The van der Waals surface area contributed by atoms with E-state index in [1.165, 1.54) is 6.08 Å². The molecule has 0 radical (unpaired) electrons. The fourth-order valence-electron chi connectivity index (χ4n) is 1.81. The number of carboxylic acid groups (broad SMARTS) is 1. The molecule has 5 nitrogen and oxygen atoms in total. The normalized spacial score (nSPS) is 10.9. The van der Waals surface area contributed by atoms with E-state index in [1.807, 2.05) is 10.8 Å². The van der Waals surface area contributed by atoms with E-state index in [0.29, 0.717) is 22.9 Å². The Morgan fingerprint density at radius 3 is 3.05 bits per heavy atom. The number of hydrogen-bond acceptors (Lipinski definition) is 3. The van der Waals surface area contributed by atoms with Crippen LogP contribution in [0.5, 0.6) is 5.75 Å². The maximum absolute atomic E-state index is 10.6. The van der Waals surface area contributed by atoms with Crippen molar-refractivity contribution < 1.29 is 14.6 Å². The van der Waals surface area contributed by atoms with Crippen LogP contribution in [0.15, 0.2) is 43.0 Å². The minimum atomic E-state index is -1.01. The second-order valence-electron chi connectivity index (χ2n) is 4.33. The van der Waals surface area contributed by atoms with Crippen LogP contribution in [0.3, 0.4) is 0 Å². The van der Waals surface area contributed by atoms with Gasteiger partial charge in [0.05, 0.1) is 18.0 Å². The van der Waals surface area contributed by atoms with Gasteiger partial charge in [0, 0.05) is 30.6 Å². The Morgan fingerprint density at radius 1 is 1.48 bits per heavy atom. The lowest BCUT2D eigenvalue weighted by Crippen LogP contribution is -2.04. The molecule has 0 amide bonds. The Labute approximate surface area is 127 Å². The predicted octanol–water partition coefficient (Wildman–Crippen LogP) is 3.10. The van der Waals surface area contributed by atoms with Crippen molar-refractivity contribution in [1.29, 1.82) is 0 Å². The fourth-order valence-corrected chi connectivity index (χ4v) is 2.05. The first-order chi connectivity index (χ1) is 10.2. The lowest BCUT2D eigenvalue weighted by Gasteiger charge is -2.11. The van der Waals surface area contributed by atoms with Gasteiger partial charge >= 0.3 is 5.97 Å². The molecule has 2 aromatic rings. The highest BCUT2D eigenvalue weighted by atomic mass is 35.5. The van der Waals surface area contributed by atoms with Gasteiger partial charge < -0.3 is 14.4 Å². The van der Waals surface area contributed by atoms with Crippen molar-refractivity contribution in [1.82, 2.24) is 9.55 Å². The van der Waals surface area contributed by atoms with Crippen molar-refractivity contribution in [2.75, 3.05) is 6.61 Å². The van der Waals surface area contributed by atoms with Gasteiger partial charge in [0.25, 0.3) is 0 Å². The van der Waals surface area contributed by atoms with Crippen LogP contribution >= 0.6 is 11.6 Å². The zero-order valence-corrected chi connectivity index (χ0v) is 12.0. The van der Waals surface area contributed by atoms with E-state index >= 15 is 0 Å². The summed E-state index contributed by atoms with van der Waals surface area (Å²) in [5.41, 5.74) is 0.646. The van der Waals surface area contributed by atoms with Crippen LogP contribution in [-0.2, 0) is 11.3 Å². The third kappa shape index (κ3) is 4.65. The quantitative estimate of drug-likeness (QED) is 0.630. The first kappa shape index (κ1) is 15.1. The summed E-state index contributed by atoms with van der Waals surface area (Å²) in [6.45, 7) is 1.28. The largest absolute Gasteiger partial charge is 0.491 e. The molecule has 2 rings (SSSR count). The van der Waals surface area contributed by atoms with Crippen LogP contribution in [0.25, 0.3) is 6.08 Å². The number of carboxylic acids is 1. The number of imidazole rings is 1.